The van der Waals surface area contributed by atoms with Crippen molar-refractivity contribution >= 4 is 53.9 Å². The molecule has 0 fully saturated rings. The fourth-order valence-corrected chi connectivity index (χ4v) is 8.10. The Balaban J connectivity index is 1.32. The van der Waals surface area contributed by atoms with Crippen LogP contribution in [-0.2, 0) is 0 Å². The predicted octanol–water partition coefficient (Wildman–Crippen LogP) is 14.1. The smallest absolute Gasteiger partial charge is 0.00199 e. The summed E-state index contributed by atoms with van der Waals surface area (Å²) in [5, 5.41) is 12.6. The Labute approximate surface area is 291 Å². The highest BCUT2D eigenvalue weighted by Crippen LogP contribution is 2.47. The van der Waals surface area contributed by atoms with Gasteiger partial charge >= 0.3 is 0 Å². The highest BCUT2D eigenvalue weighted by Gasteiger charge is 2.20. The maximum atomic E-state index is 2.44. The molecule has 0 heterocycles. The first kappa shape index (κ1) is 28.5. The van der Waals surface area contributed by atoms with Crippen LogP contribution >= 0.6 is 0 Å². The first-order valence-electron chi connectivity index (χ1n) is 17.3. The average Bonchev–Trinajstić information content (AvgIpc) is 3.19. The normalized spacial score (nSPS) is 11.6. The molecule has 10 aromatic carbocycles. The Morgan fingerprint density at radius 2 is 0.660 bits per heavy atom. The molecule has 0 aliphatic heterocycles. The summed E-state index contributed by atoms with van der Waals surface area (Å²) in [4.78, 5) is 0. The molecule has 0 amide bonds. The summed E-state index contributed by atoms with van der Waals surface area (Å²) < 4.78 is 0. The van der Waals surface area contributed by atoms with Crippen molar-refractivity contribution in [2.45, 2.75) is 0 Å². The number of hydrogen-bond acceptors (Lipinski definition) is 0. The Hall–Kier alpha value is -6.50. The molecule has 10 rings (SSSR count). The van der Waals surface area contributed by atoms with Gasteiger partial charge in [0.2, 0.25) is 0 Å². The van der Waals surface area contributed by atoms with E-state index in [-0.39, 0.29) is 0 Å². The zero-order valence-corrected chi connectivity index (χ0v) is 27.5. The fraction of sp³-hybridized carbons (Fsp3) is 0. The van der Waals surface area contributed by atoms with Crippen LogP contribution in [0, 0.1) is 0 Å². The molecule has 50 heavy (non-hydrogen) atoms. The lowest BCUT2D eigenvalue weighted by Crippen LogP contribution is -1.93. The lowest BCUT2D eigenvalue weighted by atomic mass is 9.83. The quantitative estimate of drug-likeness (QED) is 0.169. The highest BCUT2D eigenvalue weighted by molar-refractivity contribution is 6.23. The molecule has 0 radical (unpaired) electrons. The maximum Gasteiger partial charge on any atom is -0.00199 e. The number of rotatable bonds is 4. The van der Waals surface area contributed by atoms with Crippen molar-refractivity contribution in [1.82, 2.24) is 0 Å². The molecule has 0 aliphatic rings. The van der Waals surface area contributed by atoms with Gasteiger partial charge in [0.1, 0.15) is 0 Å². The van der Waals surface area contributed by atoms with Crippen LogP contribution in [0.15, 0.2) is 194 Å². The minimum atomic E-state index is 1.22. The van der Waals surface area contributed by atoms with Gasteiger partial charge in [-0.2, -0.15) is 0 Å². The van der Waals surface area contributed by atoms with E-state index in [0.29, 0.717) is 0 Å². The van der Waals surface area contributed by atoms with E-state index in [0.717, 1.165) is 0 Å². The molecular formula is C50H32. The summed E-state index contributed by atoms with van der Waals surface area (Å²) in [6.07, 6.45) is 0. The van der Waals surface area contributed by atoms with Crippen molar-refractivity contribution in [2.24, 2.45) is 0 Å². The summed E-state index contributed by atoms with van der Waals surface area (Å²) in [5.74, 6) is 0. The topological polar surface area (TPSA) is 0 Å². The standard InChI is InChI=1S/C50H32/c1-2-15-36-30-40(27-26-33(36)12-1)50-48-32-38(44-25-11-17-35-14-4-6-21-42(35)44)28-29-46(48)45-22-7-8-23-47(45)49(50)39-19-9-18-37(31-39)43-24-10-16-34-13-3-5-20-41(34)43/h1-32H. The lowest BCUT2D eigenvalue weighted by Gasteiger charge is -2.20. The largest absolute Gasteiger partial charge is 0.0616 e. The maximum absolute atomic E-state index is 2.44. The van der Waals surface area contributed by atoms with Gasteiger partial charge in [0.15, 0.2) is 0 Å². The van der Waals surface area contributed by atoms with Gasteiger partial charge in [0.25, 0.3) is 0 Å². The number of benzene rings is 10. The SMILES string of the molecule is c1cc(-c2cccc3ccccc23)cc(-c2c(-c3ccc4ccccc4c3)c3cc(-c4cccc5ccccc45)ccc3c3ccccc23)c1. The van der Waals surface area contributed by atoms with Crippen LogP contribution in [0.2, 0.25) is 0 Å². The van der Waals surface area contributed by atoms with Crippen LogP contribution < -0.4 is 0 Å². The van der Waals surface area contributed by atoms with E-state index in [4.69, 9.17) is 0 Å². The Bertz CT molecular complexity index is 2920. The van der Waals surface area contributed by atoms with E-state index in [1.54, 1.807) is 0 Å². The van der Waals surface area contributed by atoms with E-state index in [1.807, 2.05) is 0 Å². The molecular weight excluding hydrogens is 601 g/mol. The molecule has 0 atom stereocenters. The molecule has 0 aromatic heterocycles. The molecule has 232 valence electrons. The van der Waals surface area contributed by atoms with E-state index in [2.05, 4.69) is 194 Å². The molecule has 0 N–H and O–H groups in total. The summed E-state index contributed by atoms with van der Waals surface area (Å²) >= 11 is 0. The van der Waals surface area contributed by atoms with Crippen molar-refractivity contribution in [3.8, 4) is 44.5 Å². The van der Waals surface area contributed by atoms with Crippen LogP contribution in [-0.4, -0.2) is 0 Å². The third-order valence-electron chi connectivity index (χ3n) is 10.4. The van der Waals surface area contributed by atoms with Crippen molar-refractivity contribution in [3.05, 3.63) is 194 Å². The van der Waals surface area contributed by atoms with Gasteiger partial charge in [-0.1, -0.05) is 176 Å². The lowest BCUT2D eigenvalue weighted by molar-refractivity contribution is 1.62. The summed E-state index contributed by atoms with van der Waals surface area (Å²) in [6, 6.07) is 71.5. The zero-order chi connectivity index (χ0) is 33.0. The van der Waals surface area contributed by atoms with E-state index < -0.39 is 0 Å². The molecule has 0 bridgehead atoms. The summed E-state index contributed by atoms with van der Waals surface area (Å²) in [5.41, 5.74) is 9.91. The third-order valence-corrected chi connectivity index (χ3v) is 10.4. The Kier molecular flexibility index (Phi) is 6.60. The second-order valence-corrected chi connectivity index (χ2v) is 13.3. The first-order valence-corrected chi connectivity index (χ1v) is 17.3. The van der Waals surface area contributed by atoms with Crippen LogP contribution in [0.4, 0.5) is 0 Å². The van der Waals surface area contributed by atoms with Gasteiger partial charge in [-0.15, -0.1) is 0 Å². The van der Waals surface area contributed by atoms with Crippen molar-refractivity contribution in [2.75, 3.05) is 0 Å². The molecule has 0 aliphatic carbocycles. The van der Waals surface area contributed by atoms with Gasteiger partial charge in [-0.3, -0.25) is 0 Å². The molecule has 0 heteroatoms. The summed E-state index contributed by atoms with van der Waals surface area (Å²) in [6.45, 7) is 0. The van der Waals surface area contributed by atoms with Gasteiger partial charge < -0.3 is 0 Å². The second-order valence-electron chi connectivity index (χ2n) is 13.3. The van der Waals surface area contributed by atoms with Crippen molar-refractivity contribution < 1.29 is 0 Å². The predicted molar refractivity (Wildman–Crippen MR) is 216 cm³/mol. The van der Waals surface area contributed by atoms with E-state index in [9.17, 15) is 0 Å². The summed E-state index contributed by atoms with van der Waals surface area (Å²) in [7, 11) is 0. The van der Waals surface area contributed by atoms with E-state index in [1.165, 1.54) is 98.4 Å². The number of hydrogen-bond donors (Lipinski definition) is 0. The second kappa shape index (κ2) is 11.6. The molecule has 0 saturated carbocycles. The molecule has 0 spiro atoms. The third kappa shape index (κ3) is 4.61. The van der Waals surface area contributed by atoms with Crippen molar-refractivity contribution in [1.29, 1.82) is 0 Å². The Morgan fingerprint density at radius 1 is 0.200 bits per heavy atom. The Morgan fingerprint density at radius 3 is 1.38 bits per heavy atom. The minimum absolute atomic E-state index is 1.22. The van der Waals surface area contributed by atoms with Crippen LogP contribution in [0.1, 0.15) is 0 Å². The molecule has 0 nitrogen and oxygen atoms in total. The molecule has 10 aromatic rings. The van der Waals surface area contributed by atoms with Crippen LogP contribution in [0.25, 0.3) is 98.4 Å². The van der Waals surface area contributed by atoms with E-state index >= 15 is 0 Å². The average molecular weight is 633 g/mol. The van der Waals surface area contributed by atoms with Gasteiger partial charge in [0.05, 0.1) is 0 Å². The first-order chi connectivity index (χ1) is 24.8. The van der Waals surface area contributed by atoms with Crippen LogP contribution in [0.5, 0.6) is 0 Å². The highest BCUT2D eigenvalue weighted by atomic mass is 14.2. The minimum Gasteiger partial charge on any atom is -0.0616 e. The number of fused-ring (bicyclic) bond motifs is 6. The monoisotopic (exact) mass is 632 g/mol. The van der Waals surface area contributed by atoms with Gasteiger partial charge in [0, 0.05) is 0 Å². The van der Waals surface area contributed by atoms with Crippen molar-refractivity contribution in [3.63, 3.8) is 0 Å². The zero-order valence-electron chi connectivity index (χ0n) is 27.5. The fourth-order valence-electron chi connectivity index (χ4n) is 8.10. The van der Waals surface area contributed by atoms with Gasteiger partial charge in [-0.25, -0.2) is 0 Å². The molecule has 0 saturated heterocycles. The molecule has 0 unspecified atom stereocenters. The van der Waals surface area contributed by atoms with Gasteiger partial charge in [-0.05, 0) is 117 Å². The van der Waals surface area contributed by atoms with Crippen LogP contribution in [0.3, 0.4) is 0 Å².